The van der Waals surface area contributed by atoms with Crippen LogP contribution in [0, 0.1) is 0 Å². The average molecular weight is 512 g/mol. The van der Waals surface area contributed by atoms with Gasteiger partial charge in [0, 0.05) is 0 Å². The van der Waals surface area contributed by atoms with E-state index < -0.39 is 32.1 Å². The summed E-state index contributed by atoms with van der Waals surface area (Å²) >= 11 is 0. The number of hydrogen-bond acceptors (Lipinski definition) is 5. The number of nitrogens with one attached hydrogen (secondary N) is 1. The first-order valence-electron chi connectivity index (χ1n) is 12.4. The van der Waals surface area contributed by atoms with E-state index in [1.807, 2.05) is 56.3 Å². The molecule has 2 aromatic carbocycles. The molecule has 1 amide bonds. The predicted octanol–water partition coefficient (Wildman–Crippen LogP) is 4.97. The fourth-order valence-corrected chi connectivity index (χ4v) is 8.70. The maximum Gasteiger partial charge on any atom is 0.408 e. The second kappa shape index (κ2) is 12.4. The van der Waals surface area contributed by atoms with Crippen LogP contribution in [0.2, 0.25) is 5.04 Å². The van der Waals surface area contributed by atoms with Crippen molar-refractivity contribution in [1.82, 2.24) is 5.32 Å². The second-order valence-electron chi connectivity index (χ2n) is 10.8. The van der Waals surface area contributed by atoms with Gasteiger partial charge in [0.25, 0.3) is 8.32 Å². The number of allylic oxidation sites excluding steroid dienone is 1. The number of amides is 1. The highest BCUT2D eigenvalue weighted by Crippen LogP contribution is 2.37. The Labute approximate surface area is 217 Å². The molecule has 0 aliphatic carbocycles. The van der Waals surface area contributed by atoms with Gasteiger partial charge in [-0.3, -0.25) is 4.79 Å². The quantitative estimate of drug-likeness (QED) is 0.292. The zero-order valence-electron chi connectivity index (χ0n) is 22.9. The van der Waals surface area contributed by atoms with E-state index in [0.29, 0.717) is 6.61 Å². The van der Waals surface area contributed by atoms with Crippen LogP contribution in [0.15, 0.2) is 72.3 Å². The van der Waals surface area contributed by atoms with Crippen LogP contribution >= 0.6 is 0 Å². The third kappa shape index (κ3) is 7.80. The van der Waals surface area contributed by atoms with Gasteiger partial charge in [-0.2, -0.15) is 0 Å². The fourth-order valence-electron chi connectivity index (χ4n) is 4.16. The highest BCUT2D eigenvalue weighted by Gasteiger charge is 2.50. The molecule has 0 saturated heterocycles. The average Bonchev–Trinajstić information content (AvgIpc) is 2.80. The van der Waals surface area contributed by atoms with E-state index in [0.717, 1.165) is 5.57 Å². The van der Waals surface area contributed by atoms with E-state index in [-0.39, 0.29) is 11.6 Å². The van der Waals surface area contributed by atoms with Gasteiger partial charge >= 0.3 is 12.1 Å². The Bertz CT molecular complexity index is 984. The third-order valence-electron chi connectivity index (χ3n) is 5.85. The molecule has 1 atom stereocenters. The molecule has 0 spiro atoms. The van der Waals surface area contributed by atoms with E-state index >= 15 is 0 Å². The molecule has 0 aliphatic rings. The standard InChI is InChI=1S/C29H41NO5Si/c1-9-23(22(2)34-26(31)20-30-27(32)35-28(3,4)5)21-33-36(29(6,7)8,24-16-12-10-13-17-24)25-18-14-11-15-19-25/h9-19,22H,20-21H2,1-8H3,(H,30,32)/b23-9+/t22-/m1/s1. The molecular formula is C29H41NO5Si. The minimum atomic E-state index is -2.72. The number of carbonyl (C=O) groups is 2. The lowest BCUT2D eigenvalue weighted by Crippen LogP contribution is -2.66. The number of alkyl carbamates (subject to hydrolysis) is 1. The van der Waals surface area contributed by atoms with Crippen molar-refractivity contribution in [2.45, 2.75) is 72.1 Å². The van der Waals surface area contributed by atoms with Gasteiger partial charge in [0.05, 0.1) is 6.61 Å². The molecular weight excluding hydrogens is 470 g/mol. The zero-order chi connectivity index (χ0) is 27.0. The van der Waals surface area contributed by atoms with Crippen molar-refractivity contribution in [3.8, 4) is 0 Å². The van der Waals surface area contributed by atoms with Crippen LogP contribution in [0.1, 0.15) is 55.4 Å². The summed E-state index contributed by atoms with van der Waals surface area (Å²) in [4.78, 5) is 24.2. The van der Waals surface area contributed by atoms with Gasteiger partial charge in [-0.1, -0.05) is 87.5 Å². The second-order valence-corrected chi connectivity index (χ2v) is 15.1. The van der Waals surface area contributed by atoms with Gasteiger partial charge in [0.1, 0.15) is 18.2 Å². The molecule has 1 N–H and O–H groups in total. The van der Waals surface area contributed by atoms with E-state index in [9.17, 15) is 9.59 Å². The lowest BCUT2D eigenvalue weighted by atomic mass is 10.2. The van der Waals surface area contributed by atoms with E-state index in [1.165, 1.54) is 10.4 Å². The van der Waals surface area contributed by atoms with Gasteiger partial charge in [0.15, 0.2) is 0 Å². The third-order valence-corrected chi connectivity index (χ3v) is 10.8. The van der Waals surface area contributed by atoms with Gasteiger partial charge in [-0.05, 0) is 55.6 Å². The molecule has 2 aromatic rings. The lowest BCUT2D eigenvalue weighted by molar-refractivity contribution is -0.145. The van der Waals surface area contributed by atoms with Gasteiger partial charge in [-0.25, -0.2) is 4.79 Å². The van der Waals surface area contributed by atoms with Gasteiger partial charge in [0.2, 0.25) is 0 Å². The smallest absolute Gasteiger partial charge is 0.408 e. The Morgan fingerprint density at radius 2 is 1.42 bits per heavy atom. The molecule has 196 valence electrons. The van der Waals surface area contributed by atoms with Crippen LogP contribution in [0.3, 0.4) is 0 Å². The molecule has 0 saturated carbocycles. The number of carbonyl (C=O) groups excluding carboxylic acids is 2. The molecule has 6 nitrogen and oxygen atoms in total. The summed E-state index contributed by atoms with van der Waals surface area (Å²) in [7, 11) is -2.72. The highest BCUT2D eigenvalue weighted by atomic mass is 28.4. The molecule has 0 heterocycles. The Kier molecular flexibility index (Phi) is 10.1. The Hall–Kier alpha value is -2.90. The summed E-state index contributed by atoms with van der Waals surface area (Å²) in [5, 5.41) is 4.65. The maximum atomic E-state index is 12.4. The summed E-state index contributed by atoms with van der Waals surface area (Å²) in [5.41, 5.74) is 0.214. The number of esters is 1. The first kappa shape index (κ1) is 29.3. The van der Waals surface area contributed by atoms with E-state index in [1.54, 1.807) is 20.8 Å². The molecule has 0 aliphatic heterocycles. The number of ether oxygens (including phenoxy) is 2. The fraction of sp³-hybridized carbons (Fsp3) is 0.448. The van der Waals surface area contributed by atoms with Crippen molar-refractivity contribution in [2.24, 2.45) is 0 Å². The summed E-state index contributed by atoms with van der Waals surface area (Å²) < 4.78 is 17.7. The first-order chi connectivity index (χ1) is 16.8. The Balaban J connectivity index is 2.20. The highest BCUT2D eigenvalue weighted by molar-refractivity contribution is 6.99. The van der Waals surface area contributed by atoms with E-state index in [2.05, 4.69) is 50.4 Å². The van der Waals surface area contributed by atoms with Crippen molar-refractivity contribution in [3.05, 3.63) is 72.3 Å². The summed E-state index contributed by atoms with van der Waals surface area (Å²) in [6.07, 6.45) is 0.756. The van der Waals surface area contributed by atoms with Crippen LogP contribution in [0.4, 0.5) is 4.79 Å². The molecule has 2 rings (SSSR count). The van der Waals surface area contributed by atoms with E-state index in [4.69, 9.17) is 13.9 Å². The van der Waals surface area contributed by atoms with Crippen LogP contribution in [-0.2, 0) is 18.7 Å². The molecule has 36 heavy (non-hydrogen) atoms. The zero-order valence-corrected chi connectivity index (χ0v) is 23.9. The number of benzene rings is 2. The molecule has 0 bridgehead atoms. The van der Waals surface area contributed by atoms with Crippen molar-refractivity contribution < 1.29 is 23.5 Å². The Morgan fingerprint density at radius 3 is 1.83 bits per heavy atom. The summed E-state index contributed by atoms with van der Waals surface area (Å²) in [5.74, 6) is -0.543. The molecule has 7 heteroatoms. The van der Waals surface area contributed by atoms with Crippen LogP contribution in [-0.4, -0.2) is 45.2 Å². The van der Waals surface area contributed by atoms with Crippen LogP contribution in [0.5, 0.6) is 0 Å². The van der Waals surface area contributed by atoms with Crippen molar-refractivity contribution in [1.29, 1.82) is 0 Å². The minimum Gasteiger partial charge on any atom is -0.457 e. The summed E-state index contributed by atoms with van der Waals surface area (Å²) in [6.45, 7) is 15.7. The molecule has 0 unspecified atom stereocenters. The first-order valence-corrected chi connectivity index (χ1v) is 14.3. The topological polar surface area (TPSA) is 73.9 Å². The number of rotatable bonds is 9. The Morgan fingerprint density at radius 1 is 0.917 bits per heavy atom. The molecule has 0 aromatic heterocycles. The van der Waals surface area contributed by atoms with Crippen molar-refractivity contribution in [2.75, 3.05) is 13.2 Å². The summed E-state index contributed by atoms with van der Waals surface area (Å²) in [6, 6.07) is 20.8. The van der Waals surface area contributed by atoms with Crippen LogP contribution < -0.4 is 15.7 Å². The largest absolute Gasteiger partial charge is 0.457 e. The SMILES string of the molecule is C/C=C(\CO[Si](c1ccccc1)(c1ccccc1)C(C)(C)C)[C@@H](C)OC(=O)CNC(=O)OC(C)(C)C. The van der Waals surface area contributed by atoms with Crippen molar-refractivity contribution >= 4 is 30.8 Å². The van der Waals surface area contributed by atoms with Gasteiger partial charge in [-0.15, -0.1) is 0 Å². The predicted molar refractivity (Wildman–Crippen MR) is 147 cm³/mol. The van der Waals surface area contributed by atoms with Crippen LogP contribution in [0.25, 0.3) is 0 Å². The maximum absolute atomic E-state index is 12.4. The van der Waals surface area contributed by atoms with Gasteiger partial charge < -0.3 is 19.2 Å². The molecule has 0 fully saturated rings. The normalized spacial score (nSPS) is 13.6. The minimum absolute atomic E-state index is 0.161. The number of hydrogen-bond donors (Lipinski definition) is 1. The molecule has 0 radical (unpaired) electrons. The monoisotopic (exact) mass is 511 g/mol. The lowest BCUT2D eigenvalue weighted by Gasteiger charge is -2.43. The van der Waals surface area contributed by atoms with Crippen molar-refractivity contribution in [3.63, 3.8) is 0 Å².